The van der Waals surface area contributed by atoms with Crippen LogP contribution in [0.1, 0.15) is 28.4 Å². The molecule has 172 valence electrons. The Morgan fingerprint density at radius 3 is 1.64 bits per heavy atom. The van der Waals surface area contributed by atoms with Crippen molar-refractivity contribution in [3.8, 4) is 0 Å². The van der Waals surface area contributed by atoms with Crippen molar-refractivity contribution in [2.45, 2.75) is 34.6 Å². The Bertz CT molecular complexity index is 921. The third kappa shape index (κ3) is 16.1. The van der Waals surface area contributed by atoms with Crippen molar-refractivity contribution in [3.63, 3.8) is 0 Å². The molecule has 5 heterocycles. The summed E-state index contributed by atoms with van der Waals surface area (Å²) in [5, 5.41) is 6.99. The molecule has 0 fully saturated rings. The van der Waals surface area contributed by atoms with E-state index in [9.17, 15) is 0 Å². The topological polar surface area (TPSA) is 117 Å². The maximum absolute atomic E-state index is 4.58. The Morgan fingerprint density at radius 1 is 0.667 bits per heavy atom. The van der Waals surface area contributed by atoms with Gasteiger partial charge in [-0.2, -0.15) is 0 Å². The number of nitrogens with zero attached hydrogens (tertiary/aromatic N) is 7. The third-order valence-electron chi connectivity index (χ3n) is 3.41. The first-order valence-electron chi connectivity index (χ1n) is 10.0. The van der Waals surface area contributed by atoms with Crippen LogP contribution in [0.2, 0.25) is 0 Å². The molecule has 9 heteroatoms. The van der Waals surface area contributed by atoms with Gasteiger partial charge in [0.25, 0.3) is 0 Å². The van der Waals surface area contributed by atoms with Gasteiger partial charge in [0.1, 0.15) is 30.5 Å². The van der Waals surface area contributed by atoms with E-state index in [1.807, 2.05) is 65.1 Å². The lowest BCUT2D eigenvalue weighted by atomic mass is 10.3. The van der Waals surface area contributed by atoms with Crippen LogP contribution in [0.4, 0.5) is 0 Å². The van der Waals surface area contributed by atoms with E-state index in [4.69, 9.17) is 0 Å². The van der Waals surface area contributed by atoms with Gasteiger partial charge in [-0.15, -0.1) is 0 Å². The van der Waals surface area contributed by atoms with Crippen molar-refractivity contribution in [2.75, 3.05) is 0 Å². The van der Waals surface area contributed by atoms with Crippen molar-refractivity contribution >= 4 is 0 Å². The second-order valence-corrected chi connectivity index (χ2v) is 6.50. The third-order valence-corrected chi connectivity index (χ3v) is 3.41. The first kappa shape index (κ1) is 26.8. The minimum atomic E-state index is 0.759. The highest BCUT2D eigenvalue weighted by Gasteiger charge is 1.79. The number of hydrogen-bond acceptors (Lipinski definition) is 9. The van der Waals surface area contributed by atoms with Crippen LogP contribution in [0.15, 0.2) is 95.3 Å². The lowest BCUT2D eigenvalue weighted by molar-refractivity contribution is 0.397. The summed E-state index contributed by atoms with van der Waals surface area (Å²) in [6, 6.07) is 11.5. The molecule has 5 rings (SSSR count). The van der Waals surface area contributed by atoms with Gasteiger partial charge in [0.05, 0.1) is 11.9 Å². The van der Waals surface area contributed by atoms with Gasteiger partial charge >= 0.3 is 0 Å². The monoisotopic (exact) mass is 447 g/mol. The van der Waals surface area contributed by atoms with E-state index in [1.165, 1.54) is 23.8 Å². The molecule has 0 atom stereocenters. The quantitative estimate of drug-likeness (QED) is 0.326. The highest BCUT2D eigenvalue weighted by Crippen LogP contribution is 1.90. The normalized spacial score (nSPS) is 8.76. The molecule has 5 aromatic rings. The van der Waals surface area contributed by atoms with Crippen LogP contribution >= 0.6 is 0 Å². The fourth-order valence-electron chi connectivity index (χ4n) is 1.72. The Morgan fingerprint density at radius 2 is 1.39 bits per heavy atom. The highest BCUT2D eigenvalue weighted by molar-refractivity contribution is 5.05. The average molecular weight is 448 g/mol. The number of hydrogen-bond donors (Lipinski definition) is 0. The Labute approximate surface area is 194 Å². The molecular weight excluding hydrogens is 418 g/mol. The van der Waals surface area contributed by atoms with Crippen LogP contribution < -0.4 is 0 Å². The van der Waals surface area contributed by atoms with Crippen LogP contribution in [0.3, 0.4) is 0 Å². The molecule has 0 bridgehead atoms. The first-order chi connectivity index (χ1) is 16.0. The van der Waals surface area contributed by atoms with E-state index in [0.29, 0.717) is 0 Å². The van der Waals surface area contributed by atoms with Crippen molar-refractivity contribution < 1.29 is 9.05 Å². The lowest BCUT2D eigenvalue weighted by Gasteiger charge is -1.82. The van der Waals surface area contributed by atoms with Crippen molar-refractivity contribution in [3.05, 3.63) is 115 Å². The molecule has 33 heavy (non-hydrogen) atoms. The van der Waals surface area contributed by atoms with Crippen molar-refractivity contribution in [2.24, 2.45) is 0 Å². The molecule has 9 nitrogen and oxygen atoms in total. The molecule has 0 unspecified atom stereocenters. The molecule has 0 aliphatic rings. The molecule has 0 aliphatic heterocycles. The summed E-state index contributed by atoms with van der Waals surface area (Å²) >= 11 is 0. The van der Waals surface area contributed by atoms with Gasteiger partial charge in [0.2, 0.25) is 0 Å². The largest absolute Gasteiger partial charge is 0.365 e. The highest BCUT2D eigenvalue weighted by atomic mass is 16.5. The van der Waals surface area contributed by atoms with E-state index in [1.54, 1.807) is 43.2 Å². The number of aryl methyl sites for hydroxylation is 5. The van der Waals surface area contributed by atoms with E-state index < -0.39 is 0 Å². The van der Waals surface area contributed by atoms with Gasteiger partial charge in [0, 0.05) is 36.9 Å². The van der Waals surface area contributed by atoms with Crippen LogP contribution in [0.25, 0.3) is 0 Å². The van der Waals surface area contributed by atoms with Crippen LogP contribution in [0, 0.1) is 34.6 Å². The molecule has 0 radical (unpaired) electrons. The van der Waals surface area contributed by atoms with Gasteiger partial charge in [-0.3, -0.25) is 9.97 Å². The van der Waals surface area contributed by atoms with Gasteiger partial charge < -0.3 is 9.05 Å². The fraction of sp³-hybridized carbons (Fsp3) is 0.208. The Hall–Kier alpha value is -4.27. The predicted octanol–water partition coefficient (Wildman–Crippen LogP) is 4.93. The molecule has 5 aromatic heterocycles. The molecule has 0 saturated carbocycles. The summed E-state index contributed by atoms with van der Waals surface area (Å²) in [4.78, 5) is 18.9. The van der Waals surface area contributed by atoms with Crippen LogP contribution in [-0.2, 0) is 0 Å². The van der Waals surface area contributed by atoms with Gasteiger partial charge in [-0.25, -0.2) is 15.0 Å². The van der Waals surface area contributed by atoms with E-state index in [-0.39, 0.29) is 0 Å². The number of pyridine rings is 2. The predicted molar refractivity (Wildman–Crippen MR) is 125 cm³/mol. The summed E-state index contributed by atoms with van der Waals surface area (Å²) in [6.07, 6.45) is 13.3. The second-order valence-electron chi connectivity index (χ2n) is 6.50. The minimum Gasteiger partial charge on any atom is -0.365 e. The zero-order valence-electron chi connectivity index (χ0n) is 19.5. The van der Waals surface area contributed by atoms with Gasteiger partial charge in [0.15, 0.2) is 0 Å². The van der Waals surface area contributed by atoms with Crippen LogP contribution in [0.5, 0.6) is 0 Å². The summed E-state index contributed by atoms with van der Waals surface area (Å²) in [5.41, 5.74) is 3.40. The van der Waals surface area contributed by atoms with Gasteiger partial charge in [-0.1, -0.05) is 16.4 Å². The summed E-state index contributed by atoms with van der Waals surface area (Å²) in [5.74, 6) is 1.62. The van der Waals surface area contributed by atoms with E-state index >= 15 is 0 Å². The zero-order valence-corrected chi connectivity index (χ0v) is 19.5. The number of aromatic nitrogens is 7. The van der Waals surface area contributed by atoms with Crippen molar-refractivity contribution in [1.82, 2.24) is 35.2 Å². The summed E-state index contributed by atoms with van der Waals surface area (Å²) in [6.45, 7) is 9.62. The van der Waals surface area contributed by atoms with E-state index in [0.717, 1.165) is 17.3 Å². The zero-order chi connectivity index (χ0) is 24.2. The lowest BCUT2D eigenvalue weighted by Crippen LogP contribution is -1.84. The average Bonchev–Trinajstić information content (AvgIpc) is 3.51. The van der Waals surface area contributed by atoms with E-state index in [2.05, 4.69) is 44.3 Å². The number of rotatable bonds is 0. The SMILES string of the molecule is Cc1cccnc1.Cc1ccncc1.Cc1ccno1.Cc1ccon1.Cc1ncncn1. The maximum Gasteiger partial charge on any atom is 0.133 e. The maximum atomic E-state index is 4.58. The smallest absolute Gasteiger partial charge is 0.133 e. The molecule has 0 amide bonds. The fourth-order valence-corrected chi connectivity index (χ4v) is 1.72. The first-order valence-corrected chi connectivity index (χ1v) is 10.0. The Balaban J connectivity index is 0.000000207. The van der Waals surface area contributed by atoms with Crippen molar-refractivity contribution in [1.29, 1.82) is 0 Å². The molecule has 0 spiro atoms. The molecule has 0 saturated heterocycles. The molecule has 0 N–H and O–H groups in total. The summed E-state index contributed by atoms with van der Waals surface area (Å²) < 4.78 is 9.05. The molecular formula is C24H29N7O2. The van der Waals surface area contributed by atoms with Crippen LogP contribution in [-0.4, -0.2) is 35.2 Å². The molecule has 0 aliphatic carbocycles. The Kier molecular flexibility index (Phi) is 14.1. The molecule has 0 aromatic carbocycles. The standard InChI is InChI=1S/2C6H7N.C4H5N3.2C4H5NO/c1-6-2-4-7-5-3-6;1-6-3-2-4-7-5-6;1-4-6-2-5-3-7-4;1-4-2-3-6-5-4;1-4-2-3-5-6-4/h2*2-5H,1H3;2-3H,1H3;2*2-3H,1H3. The minimum absolute atomic E-state index is 0.759. The second kappa shape index (κ2) is 17.4. The summed E-state index contributed by atoms with van der Waals surface area (Å²) in [7, 11) is 0. The van der Waals surface area contributed by atoms with Gasteiger partial charge in [-0.05, 0) is 63.9 Å².